The van der Waals surface area contributed by atoms with Gasteiger partial charge in [-0.25, -0.2) is 4.79 Å². The van der Waals surface area contributed by atoms with E-state index in [1.165, 1.54) is 0 Å². The number of benzene rings is 3. The Hall–Kier alpha value is -5.31. The predicted molar refractivity (Wildman–Crippen MR) is 157 cm³/mol. The number of carbonyl (C=O) groups excluding carboxylic acids is 1. The van der Waals surface area contributed by atoms with Gasteiger partial charge in [0, 0.05) is 35.4 Å². The lowest BCUT2D eigenvalue weighted by atomic mass is 10.0. The van der Waals surface area contributed by atoms with Gasteiger partial charge in [-0.2, -0.15) is 0 Å². The number of nitrogens with one attached hydrogen (secondary N) is 1. The Morgan fingerprint density at radius 2 is 1.83 bits per heavy atom. The van der Waals surface area contributed by atoms with Crippen LogP contribution < -0.4 is 14.2 Å². The number of fused-ring (bicyclic) bond motifs is 2. The smallest absolute Gasteiger partial charge is 0.341 e. The molecule has 1 atom stereocenters. The van der Waals surface area contributed by atoms with E-state index in [-0.39, 0.29) is 12.5 Å². The van der Waals surface area contributed by atoms with Crippen molar-refractivity contribution < 1.29 is 28.9 Å². The summed E-state index contributed by atoms with van der Waals surface area (Å²) in [5.41, 5.74) is 4.50. The fraction of sp³-hybridized carbons (Fsp3) is 0.182. The van der Waals surface area contributed by atoms with Gasteiger partial charge in [-0.05, 0) is 60.5 Å². The standard InChI is InChI=1S/C33H29N3O6/c1-21-6-2-5-9-28(21)41-19-25-18-36(17-23-16-35-27-8-4-3-7-26(23)27)33(39)31-29(42-25)14-15-34-32(31)22-10-12-24(13-11-22)40-20-30(37)38/h2-16,25,35H,17-20H2,1H3,(H,37,38). The van der Waals surface area contributed by atoms with Crippen LogP contribution in [0.1, 0.15) is 21.5 Å². The molecule has 0 saturated carbocycles. The summed E-state index contributed by atoms with van der Waals surface area (Å²) in [6.45, 7) is 2.46. The van der Waals surface area contributed by atoms with E-state index in [0.717, 1.165) is 27.8 Å². The minimum Gasteiger partial charge on any atom is -0.489 e. The Kier molecular flexibility index (Phi) is 7.47. The molecule has 9 nitrogen and oxygen atoms in total. The fourth-order valence-corrected chi connectivity index (χ4v) is 5.12. The Bertz CT molecular complexity index is 1750. The monoisotopic (exact) mass is 563 g/mol. The lowest BCUT2D eigenvalue weighted by molar-refractivity contribution is -0.139. The number of aromatic amines is 1. The number of hydrogen-bond acceptors (Lipinski definition) is 6. The van der Waals surface area contributed by atoms with Crippen LogP contribution in [0.5, 0.6) is 17.2 Å². The molecule has 2 aromatic heterocycles. The molecule has 0 saturated heterocycles. The first-order chi connectivity index (χ1) is 20.5. The van der Waals surface area contributed by atoms with Gasteiger partial charge in [-0.15, -0.1) is 0 Å². The van der Waals surface area contributed by atoms with Crippen LogP contribution in [0.2, 0.25) is 0 Å². The summed E-state index contributed by atoms with van der Waals surface area (Å²) in [5.74, 6) is 0.327. The first-order valence-corrected chi connectivity index (χ1v) is 13.6. The number of pyridine rings is 1. The van der Waals surface area contributed by atoms with E-state index >= 15 is 0 Å². The maximum absolute atomic E-state index is 14.3. The third kappa shape index (κ3) is 5.62. The van der Waals surface area contributed by atoms with E-state index in [0.29, 0.717) is 41.4 Å². The number of aromatic nitrogens is 2. The van der Waals surface area contributed by atoms with Gasteiger partial charge in [0.25, 0.3) is 5.91 Å². The quantitative estimate of drug-likeness (QED) is 0.244. The molecule has 3 aromatic carbocycles. The molecular weight excluding hydrogens is 534 g/mol. The summed E-state index contributed by atoms with van der Waals surface area (Å²) in [5, 5.41) is 9.95. The summed E-state index contributed by atoms with van der Waals surface area (Å²) in [4.78, 5) is 34.8. The minimum atomic E-state index is -1.06. The fourth-order valence-electron chi connectivity index (χ4n) is 5.12. The molecule has 0 fully saturated rings. The van der Waals surface area contributed by atoms with Crippen molar-refractivity contribution in [2.45, 2.75) is 19.6 Å². The van der Waals surface area contributed by atoms with Crippen molar-refractivity contribution in [1.82, 2.24) is 14.9 Å². The average molecular weight is 564 g/mol. The van der Waals surface area contributed by atoms with E-state index in [1.807, 2.05) is 61.7 Å². The van der Waals surface area contributed by atoms with Crippen LogP contribution in [0.3, 0.4) is 0 Å². The van der Waals surface area contributed by atoms with Crippen molar-refractivity contribution in [3.05, 3.63) is 108 Å². The highest BCUT2D eigenvalue weighted by molar-refractivity contribution is 6.03. The van der Waals surface area contributed by atoms with Crippen molar-refractivity contribution in [1.29, 1.82) is 0 Å². The summed E-state index contributed by atoms with van der Waals surface area (Å²) in [6, 6.07) is 24.3. The van der Waals surface area contributed by atoms with E-state index in [4.69, 9.17) is 19.3 Å². The lowest BCUT2D eigenvalue weighted by Gasteiger charge is -2.24. The maximum Gasteiger partial charge on any atom is 0.341 e. The highest BCUT2D eigenvalue weighted by Gasteiger charge is 2.33. The van der Waals surface area contributed by atoms with Crippen molar-refractivity contribution in [2.24, 2.45) is 0 Å². The third-order valence-corrected chi connectivity index (χ3v) is 7.18. The number of nitrogens with zero attached hydrogens (tertiary/aromatic N) is 2. The number of aliphatic carboxylic acids is 1. The van der Waals surface area contributed by atoms with Crippen molar-refractivity contribution >= 4 is 22.8 Å². The molecule has 1 amide bonds. The number of ether oxygens (including phenoxy) is 3. The van der Waals surface area contributed by atoms with E-state index in [9.17, 15) is 9.59 Å². The third-order valence-electron chi connectivity index (χ3n) is 7.18. The van der Waals surface area contributed by atoms with Crippen LogP contribution in [-0.4, -0.2) is 57.7 Å². The highest BCUT2D eigenvalue weighted by atomic mass is 16.5. The van der Waals surface area contributed by atoms with Crippen LogP contribution in [0.25, 0.3) is 22.2 Å². The van der Waals surface area contributed by atoms with E-state index in [2.05, 4.69) is 9.97 Å². The lowest BCUT2D eigenvalue weighted by Crippen LogP contribution is -2.39. The zero-order valence-corrected chi connectivity index (χ0v) is 22.9. The molecule has 1 aliphatic heterocycles. The molecule has 0 spiro atoms. The van der Waals surface area contributed by atoms with Gasteiger partial charge < -0.3 is 29.2 Å². The van der Waals surface area contributed by atoms with Gasteiger partial charge in [0.2, 0.25) is 0 Å². The van der Waals surface area contributed by atoms with E-state index < -0.39 is 18.7 Å². The number of carbonyl (C=O) groups is 2. The molecule has 6 rings (SSSR count). The average Bonchev–Trinajstić information content (AvgIpc) is 3.35. The minimum absolute atomic E-state index is 0.206. The van der Waals surface area contributed by atoms with Crippen LogP contribution in [-0.2, 0) is 11.3 Å². The first-order valence-electron chi connectivity index (χ1n) is 13.6. The number of amides is 1. The number of H-pyrrole nitrogens is 1. The molecule has 3 heterocycles. The predicted octanol–water partition coefficient (Wildman–Crippen LogP) is 5.48. The molecule has 212 valence electrons. The van der Waals surface area contributed by atoms with Gasteiger partial charge in [0.1, 0.15) is 29.4 Å². The molecule has 0 radical (unpaired) electrons. The van der Waals surface area contributed by atoms with Crippen LogP contribution in [0.4, 0.5) is 0 Å². The zero-order chi connectivity index (χ0) is 29.1. The van der Waals surface area contributed by atoms with Crippen LogP contribution in [0.15, 0.2) is 91.3 Å². The molecule has 0 aliphatic carbocycles. The molecule has 2 N–H and O–H groups in total. The van der Waals surface area contributed by atoms with Crippen LogP contribution >= 0.6 is 0 Å². The summed E-state index contributed by atoms with van der Waals surface area (Å²) >= 11 is 0. The Labute approximate surface area is 242 Å². The number of rotatable bonds is 9. The van der Waals surface area contributed by atoms with Crippen molar-refractivity contribution in [3.63, 3.8) is 0 Å². The van der Waals surface area contributed by atoms with Crippen LogP contribution in [0, 0.1) is 6.92 Å². The zero-order valence-electron chi connectivity index (χ0n) is 22.9. The summed E-state index contributed by atoms with van der Waals surface area (Å²) < 4.78 is 17.9. The number of hydrogen-bond donors (Lipinski definition) is 2. The molecule has 0 bridgehead atoms. The number of aryl methyl sites for hydroxylation is 1. The summed E-state index contributed by atoms with van der Waals surface area (Å²) in [6.07, 6.45) is 3.11. The van der Waals surface area contributed by atoms with Crippen molar-refractivity contribution in [3.8, 4) is 28.5 Å². The van der Waals surface area contributed by atoms with Gasteiger partial charge in [-0.1, -0.05) is 36.4 Å². The summed E-state index contributed by atoms with van der Waals surface area (Å²) in [7, 11) is 0. The number of carboxylic acids is 1. The normalized spacial score (nSPS) is 14.6. The van der Waals surface area contributed by atoms with E-state index in [1.54, 1.807) is 41.4 Å². The second-order valence-electron chi connectivity index (χ2n) is 10.1. The Morgan fingerprint density at radius 1 is 1.05 bits per heavy atom. The van der Waals surface area contributed by atoms with Gasteiger partial charge >= 0.3 is 5.97 Å². The Balaban J connectivity index is 1.35. The molecule has 5 aromatic rings. The molecule has 42 heavy (non-hydrogen) atoms. The van der Waals surface area contributed by atoms with Crippen molar-refractivity contribution in [2.75, 3.05) is 19.8 Å². The first kappa shape index (κ1) is 26.9. The largest absolute Gasteiger partial charge is 0.489 e. The number of carboxylic acid groups (broad SMARTS) is 1. The molecule has 1 aliphatic rings. The highest BCUT2D eigenvalue weighted by Crippen LogP contribution is 2.34. The molecule has 9 heteroatoms. The van der Waals surface area contributed by atoms with Gasteiger partial charge in [0.05, 0.1) is 12.2 Å². The molecule has 1 unspecified atom stereocenters. The Morgan fingerprint density at radius 3 is 2.64 bits per heavy atom. The second-order valence-corrected chi connectivity index (χ2v) is 10.1. The number of para-hydroxylation sites is 2. The second kappa shape index (κ2) is 11.7. The van der Waals surface area contributed by atoms with Gasteiger partial charge in [-0.3, -0.25) is 9.78 Å². The SMILES string of the molecule is Cc1ccccc1OCC1CN(Cc2c[nH]c3ccccc23)C(=O)c2c(ccnc2-c2ccc(OCC(=O)O)cc2)O1. The van der Waals surface area contributed by atoms with Gasteiger partial charge in [0.15, 0.2) is 12.7 Å². The maximum atomic E-state index is 14.3. The molecular formula is C33H29N3O6. The topological polar surface area (TPSA) is 114 Å².